The molecule has 172 valence electrons. The Morgan fingerprint density at radius 3 is 2.15 bits per heavy atom. The van der Waals surface area contributed by atoms with Crippen LogP contribution in [0.25, 0.3) is 16.8 Å². The van der Waals surface area contributed by atoms with E-state index in [1.165, 1.54) is 0 Å². The zero-order valence-corrected chi connectivity index (χ0v) is 19.4. The third-order valence-electron chi connectivity index (χ3n) is 5.59. The Balaban J connectivity index is 1.21. The molecule has 3 aromatic carbocycles. The lowest BCUT2D eigenvalue weighted by molar-refractivity contribution is -0.120. The van der Waals surface area contributed by atoms with Crippen molar-refractivity contribution in [3.05, 3.63) is 107 Å². The molecule has 34 heavy (non-hydrogen) atoms. The maximum Gasteiger partial charge on any atom is 0.251 e. The standard InChI is InChI=1S/C28H28N4O2/c1-20-18-21(2)32(31-20)26-14-8-22(9-15-26)16-17-29-27(33)19-30-28(34)25-12-10-24(11-13-25)23-6-4-3-5-7-23/h3-15,18H,16-17,19H2,1-2H3,(H,29,33)(H,30,34). The van der Waals surface area contributed by atoms with E-state index in [9.17, 15) is 9.59 Å². The molecule has 6 nitrogen and oxygen atoms in total. The van der Waals surface area contributed by atoms with Crippen LogP contribution in [0.2, 0.25) is 0 Å². The normalized spacial score (nSPS) is 10.6. The van der Waals surface area contributed by atoms with Gasteiger partial charge in [-0.3, -0.25) is 9.59 Å². The molecule has 0 fully saturated rings. The molecule has 2 amide bonds. The first-order chi connectivity index (χ1) is 16.5. The van der Waals surface area contributed by atoms with Gasteiger partial charge < -0.3 is 10.6 Å². The maximum atomic E-state index is 12.4. The molecule has 0 saturated carbocycles. The number of benzene rings is 3. The molecule has 4 rings (SSSR count). The van der Waals surface area contributed by atoms with E-state index in [0.29, 0.717) is 18.5 Å². The predicted octanol–water partition coefficient (Wildman–Crippen LogP) is 4.24. The fourth-order valence-electron chi connectivity index (χ4n) is 3.81. The Kier molecular flexibility index (Phi) is 7.18. The van der Waals surface area contributed by atoms with Crippen LogP contribution in [0, 0.1) is 13.8 Å². The summed E-state index contributed by atoms with van der Waals surface area (Å²) < 4.78 is 1.92. The van der Waals surface area contributed by atoms with Crippen molar-refractivity contribution < 1.29 is 9.59 Å². The summed E-state index contributed by atoms with van der Waals surface area (Å²) in [6, 6.07) is 27.5. The van der Waals surface area contributed by atoms with Gasteiger partial charge in [-0.1, -0.05) is 54.6 Å². The highest BCUT2D eigenvalue weighted by atomic mass is 16.2. The SMILES string of the molecule is Cc1cc(C)n(-c2ccc(CCNC(=O)CNC(=O)c3ccc(-c4ccccc4)cc3)cc2)n1. The van der Waals surface area contributed by atoms with Crippen molar-refractivity contribution in [2.24, 2.45) is 0 Å². The summed E-state index contributed by atoms with van der Waals surface area (Å²) in [6.07, 6.45) is 0.706. The zero-order valence-electron chi connectivity index (χ0n) is 19.4. The number of nitrogens with zero attached hydrogens (tertiary/aromatic N) is 2. The van der Waals surface area contributed by atoms with Crippen LogP contribution in [0.5, 0.6) is 0 Å². The molecule has 0 saturated heterocycles. The lowest BCUT2D eigenvalue weighted by atomic mass is 10.0. The molecule has 1 aromatic heterocycles. The molecule has 0 bridgehead atoms. The van der Waals surface area contributed by atoms with Gasteiger partial charge in [-0.2, -0.15) is 5.10 Å². The summed E-state index contributed by atoms with van der Waals surface area (Å²) in [4.78, 5) is 24.5. The Bertz CT molecular complexity index is 1260. The van der Waals surface area contributed by atoms with Gasteiger partial charge in [0.15, 0.2) is 0 Å². The molecular formula is C28H28N4O2. The summed E-state index contributed by atoms with van der Waals surface area (Å²) in [5.74, 6) is -0.483. The number of hydrogen-bond acceptors (Lipinski definition) is 3. The molecule has 0 aliphatic rings. The van der Waals surface area contributed by atoms with Gasteiger partial charge >= 0.3 is 0 Å². The van der Waals surface area contributed by atoms with Gasteiger partial charge in [-0.05, 0) is 67.3 Å². The van der Waals surface area contributed by atoms with Gasteiger partial charge in [0.1, 0.15) is 0 Å². The monoisotopic (exact) mass is 452 g/mol. The Hall–Kier alpha value is -4.19. The van der Waals surface area contributed by atoms with Gasteiger partial charge in [-0.25, -0.2) is 4.68 Å². The van der Waals surface area contributed by atoms with Crippen LogP contribution in [0.4, 0.5) is 0 Å². The zero-order chi connectivity index (χ0) is 23.9. The molecule has 0 aliphatic carbocycles. The highest BCUT2D eigenvalue weighted by Gasteiger charge is 2.09. The summed E-state index contributed by atoms with van der Waals surface area (Å²) in [5.41, 5.74) is 6.86. The van der Waals surface area contributed by atoms with Gasteiger partial charge in [0.05, 0.1) is 17.9 Å². The van der Waals surface area contributed by atoms with Crippen LogP contribution in [-0.2, 0) is 11.2 Å². The van der Waals surface area contributed by atoms with Crippen LogP contribution in [-0.4, -0.2) is 34.7 Å². The number of rotatable bonds is 8. The highest BCUT2D eigenvalue weighted by molar-refractivity contribution is 5.96. The van der Waals surface area contributed by atoms with Crippen molar-refractivity contribution >= 4 is 11.8 Å². The average Bonchev–Trinajstić information content (AvgIpc) is 3.21. The molecule has 0 atom stereocenters. The van der Waals surface area contributed by atoms with Gasteiger partial charge in [0.25, 0.3) is 5.91 Å². The van der Waals surface area contributed by atoms with Crippen molar-refractivity contribution in [2.75, 3.05) is 13.1 Å². The number of carbonyl (C=O) groups excluding carboxylic acids is 2. The van der Waals surface area contributed by atoms with Crippen molar-refractivity contribution in [1.29, 1.82) is 0 Å². The summed E-state index contributed by atoms with van der Waals surface area (Å²) in [7, 11) is 0. The molecular weight excluding hydrogens is 424 g/mol. The van der Waals surface area contributed by atoms with Crippen LogP contribution >= 0.6 is 0 Å². The lowest BCUT2D eigenvalue weighted by Crippen LogP contribution is -2.37. The largest absolute Gasteiger partial charge is 0.354 e. The number of nitrogens with one attached hydrogen (secondary N) is 2. The van der Waals surface area contributed by atoms with Crippen LogP contribution < -0.4 is 10.6 Å². The molecule has 2 N–H and O–H groups in total. The second-order valence-corrected chi connectivity index (χ2v) is 8.23. The number of carbonyl (C=O) groups is 2. The third-order valence-corrected chi connectivity index (χ3v) is 5.59. The van der Waals surface area contributed by atoms with E-state index in [-0.39, 0.29) is 18.4 Å². The summed E-state index contributed by atoms with van der Waals surface area (Å²) in [5, 5.41) is 10.0. The van der Waals surface area contributed by atoms with Crippen molar-refractivity contribution in [3.63, 3.8) is 0 Å². The Labute approximate surface area is 199 Å². The Morgan fingerprint density at radius 1 is 0.824 bits per heavy atom. The van der Waals surface area contributed by atoms with E-state index in [1.54, 1.807) is 12.1 Å². The second kappa shape index (κ2) is 10.6. The smallest absolute Gasteiger partial charge is 0.251 e. The second-order valence-electron chi connectivity index (χ2n) is 8.23. The summed E-state index contributed by atoms with van der Waals surface area (Å²) in [6.45, 7) is 4.45. The van der Waals surface area contributed by atoms with Crippen LogP contribution in [0.1, 0.15) is 27.3 Å². The van der Waals surface area contributed by atoms with Crippen molar-refractivity contribution in [1.82, 2.24) is 20.4 Å². The van der Waals surface area contributed by atoms with Gasteiger partial charge in [0.2, 0.25) is 5.91 Å². The molecule has 6 heteroatoms. The van der Waals surface area contributed by atoms with E-state index < -0.39 is 0 Å². The first-order valence-corrected chi connectivity index (χ1v) is 11.3. The molecule has 0 aliphatic heterocycles. The third kappa shape index (κ3) is 5.78. The van der Waals surface area contributed by atoms with E-state index in [1.807, 2.05) is 91.3 Å². The number of hydrogen-bond donors (Lipinski definition) is 2. The number of amides is 2. The minimum atomic E-state index is -0.269. The van der Waals surface area contributed by atoms with Crippen LogP contribution in [0.15, 0.2) is 84.9 Å². The molecule has 0 unspecified atom stereocenters. The molecule has 1 heterocycles. The number of aromatic nitrogens is 2. The van der Waals surface area contributed by atoms with E-state index in [2.05, 4.69) is 15.7 Å². The fourth-order valence-corrected chi connectivity index (χ4v) is 3.81. The van der Waals surface area contributed by atoms with E-state index >= 15 is 0 Å². The maximum absolute atomic E-state index is 12.4. The van der Waals surface area contributed by atoms with Crippen LogP contribution in [0.3, 0.4) is 0 Å². The van der Waals surface area contributed by atoms with Gasteiger partial charge in [-0.15, -0.1) is 0 Å². The van der Waals surface area contributed by atoms with Crippen molar-refractivity contribution in [3.8, 4) is 16.8 Å². The van der Waals surface area contributed by atoms with E-state index in [4.69, 9.17) is 0 Å². The molecule has 4 aromatic rings. The van der Waals surface area contributed by atoms with E-state index in [0.717, 1.165) is 33.8 Å². The first-order valence-electron chi connectivity index (χ1n) is 11.3. The highest BCUT2D eigenvalue weighted by Crippen LogP contribution is 2.19. The summed E-state index contributed by atoms with van der Waals surface area (Å²) >= 11 is 0. The van der Waals surface area contributed by atoms with Gasteiger partial charge in [0, 0.05) is 17.8 Å². The minimum Gasteiger partial charge on any atom is -0.354 e. The number of aryl methyl sites for hydroxylation is 2. The average molecular weight is 453 g/mol. The predicted molar refractivity (Wildman–Crippen MR) is 134 cm³/mol. The van der Waals surface area contributed by atoms with Crippen molar-refractivity contribution in [2.45, 2.75) is 20.3 Å². The molecule has 0 spiro atoms. The quantitative estimate of drug-likeness (QED) is 0.420. The lowest BCUT2D eigenvalue weighted by Gasteiger charge is -2.09. The molecule has 0 radical (unpaired) electrons. The Morgan fingerprint density at radius 2 is 1.50 bits per heavy atom. The topological polar surface area (TPSA) is 76.0 Å². The minimum absolute atomic E-state index is 0.0594. The first kappa shape index (κ1) is 23.0. The fraction of sp³-hybridized carbons (Fsp3) is 0.179.